The van der Waals surface area contributed by atoms with Crippen molar-refractivity contribution in [3.63, 3.8) is 0 Å². The van der Waals surface area contributed by atoms with Crippen LogP contribution in [0.1, 0.15) is 6.92 Å². The van der Waals surface area contributed by atoms with Crippen molar-refractivity contribution in [3.8, 4) is 0 Å². The molecule has 0 amide bonds. The first kappa shape index (κ1) is 6.03. The van der Waals surface area contributed by atoms with Crippen LogP contribution in [0.4, 0.5) is 4.79 Å². The number of hydrogen-bond donors (Lipinski definition) is 0. The van der Waals surface area contributed by atoms with E-state index in [4.69, 9.17) is 0 Å². The molecule has 0 aliphatic heterocycles. The van der Waals surface area contributed by atoms with Crippen LogP contribution in [-0.2, 0) is 4.74 Å². The van der Waals surface area contributed by atoms with E-state index in [1.807, 2.05) is 0 Å². The van der Waals surface area contributed by atoms with Gasteiger partial charge in [0.15, 0.2) is 0 Å². The maximum absolute atomic E-state index is 9.85. The van der Waals surface area contributed by atoms with Crippen molar-refractivity contribution in [3.05, 3.63) is 0 Å². The van der Waals surface area contributed by atoms with Gasteiger partial charge >= 0.3 is 44.7 Å². The summed E-state index contributed by atoms with van der Waals surface area (Å²) in [7, 11) is 0. The summed E-state index contributed by atoms with van der Waals surface area (Å²) in [6.07, 6.45) is 0. The van der Waals surface area contributed by atoms with Crippen LogP contribution in [-0.4, -0.2) is 28.2 Å². The molecule has 0 aromatic rings. The molecule has 1 atom stereocenters. The van der Waals surface area contributed by atoms with Crippen molar-refractivity contribution < 1.29 is 9.53 Å². The van der Waals surface area contributed by atoms with E-state index in [2.05, 4.69) is 4.74 Å². The number of carbonyl (C=O) groups excluding carboxylic acids is 1. The van der Waals surface area contributed by atoms with Crippen LogP contribution in [0.5, 0.6) is 0 Å². The Hall–Kier alpha value is 0.0284. The minimum atomic E-state index is -0.148. The topological polar surface area (TPSA) is 26.3 Å². The molecule has 0 saturated carbocycles. The Morgan fingerprint density at radius 1 is 2.00 bits per heavy atom. The van der Waals surface area contributed by atoms with Crippen molar-refractivity contribution >= 4 is 21.6 Å². The van der Waals surface area contributed by atoms with Crippen molar-refractivity contribution in [2.45, 2.75) is 6.92 Å². The first-order valence-corrected chi connectivity index (χ1v) is 2.90. The van der Waals surface area contributed by atoms with Gasteiger partial charge in [0.1, 0.15) is 0 Å². The van der Waals surface area contributed by atoms with E-state index in [0.29, 0.717) is 6.61 Å². The maximum atomic E-state index is 9.85. The van der Waals surface area contributed by atoms with E-state index in [0.717, 1.165) is 16.9 Å². The van der Waals surface area contributed by atoms with Gasteiger partial charge in [0.2, 0.25) is 0 Å². The summed E-state index contributed by atoms with van der Waals surface area (Å²) in [5.41, 5.74) is 0. The number of carbonyl (C=O) groups is 1. The van der Waals surface area contributed by atoms with Gasteiger partial charge in [-0.1, -0.05) is 0 Å². The number of ether oxygens (including phenoxy) is 1. The molecule has 6 heavy (non-hydrogen) atoms. The van der Waals surface area contributed by atoms with Gasteiger partial charge in [-0.05, 0) is 0 Å². The molecule has 0 radical (unpaired) electrons. The molecule has 0 aromatic carbocycles. The van der Waals surface area contributed by atoms with Crippen LogP contribution in [0, 0.1) is 0 Å². The fourth-order valence-electron chi connectivity index (χ4n) is 0.142. The first-order valence-electron chi connectivity index (χ1n) is 1.69. The Labute approximate surface area is 45.4 Å². The van der Waals surface area contributed by atoms with E-state index < -0.39 is 0 Å². The van der Waals surface area contributed by atoms with Crippen LogP contribution in [0.15, 0.2) is 0 Å². The third kappa shape index (κ3) is 4.03. The molecule has 1 unspecified atom stereocenters. The zero-order valence-electron chi connectivity index (χ0n) is 3.60. The van der Waals surface area contributed by atoms with Gasteiger partial charge in [-0.15, -0.1) is 0 Å². The van der Waals surface area contributed by atoms with E-state index >= 15 is 0 Å². The Morgan fingerprint density at radius 2 is 2.50 bits per heavy atom. The fourth-order valence-corrected chi connectivity index (χ4v) is 0.492. The summed E-state index contributed by atoms with van der Waals surface area (Å²) in [5.74, 6) is 0. The summed E-state index contributed by atoms with van der Waals surface area (Å²) >= 11 is 0.999. The molecule has 36 valence electrons. The van der Waals surface area contributed by atoms with Gasteiger partial charge in [0.25, 0.3) is 0 Å². The molecule has 0 spiro atoms. The molecule has 0 saturated heterocycles. The second-order valence-corrected chi connectivity index (χ2v) is 1.74. The quantitative estimate of drug-likeness (QED) is 0.483. The van der Waals surface area contributed by atoms with Gasteiger partial charge in [0.05, 0.1) is 0 Å². The molecule has 0 bridgehead atoms. The molecule has 0 N–H and O–H groups in total. The van der Waals surface area contributed by atoms with E-state index in [-0.39, 0.29) is 4.76 Å². The van der Waals surface area contributed by atoms with Crippen LogP contribution in [0.3, 0.4) is 0 Å². The van der Waals surface area contributed by atoms with Gasteiger partial charge < -0.3 is 0 Å². The van der Waals surface area contributed by atoms with Crippen LogP contribution in [0.2, 0.25) is 0 Å². The number of hydrogen-bond acceptors (Lipinski definition) is 2. The molecule has 0 fully saturated rings. The Balaban J connectivity index is 2.83. The zero-order chi connectivity index (χ0) is 4.99. The Morgan fingerprint density at radius 3 is 2.50 bits per heavy atom. The Bertz CT molecular complexity index is 52.8. The predicted molar refractivity (Wildman–Crippen MR) is 25.6 cm³/mol. The van der Waals surface area contributed by atoms with Gasteiger partial charge in [0, 0.05) is 0 Å². The second kappa shape index (κ2) is 3.23. The predicted octanol–water partition coefficient (Wildman–Crippen LogP) is -0.224. The van der Waals surface area contributed by atoms with Crippen LogP contribution in [0.25, 0.3) is 0 Å². The summed E-state index contributed by atoms with van der Waals surface area (Å²) < 4.78 is 4.28. The minimum absolute atomic E-state index is 0.148. The summed E-state index contributed by atoms with van der Waals surface area (Å²) in [6, 6.07) is 0. The average Bonchev–Trinajstić information content (AvgIpc) is 1.35. The third-order valence-electron chi connectivity index (χ3n) is 0.287. The summed E-state index contributed by atoms with van der Waals surface area (Å²) in [6.45, 7) is 2.29. The van der Waals surface area contributed by atoms with Gasteiger partial charge in [-0.3, -0.25) is 0 Å². The molecule has 3 heteroatoms. The Kier molecular flexibility index (Phi) is 3.24. The molecular formula is C3H7AsO2. The second-order valence-electron chi connectivity index (χ2n) is 0.752. The molecule has 0 heterocycles. The normalized spacial score (nSPS) is 7.67. The average molecular weight is 150 g/mol. The molecule has 0 aromatic heterocycles. The molecular weight excluding hydrogens is 143 g/mol. The standard InChI is InChI=1S/C3H7AsO2/c1-2-6-3(4)5/h2,4H2,1H3. The van der Waals surface area contributed by atoms with E-state index in [9.17, 15) is 4.79 Å². The summed E-state index contributed by atoms with van der Waals surface area (Å²) in [4.78, 5) is 9.85. The third-order valence-corrected chi connectivity index (χ3v) is 0.636. The summed E-state index contributed by atoms with van der Waals surface area (Å²) in [5, 5.41) is 0. The number of rotatable bonds is 1. The van der Waals surface area contributed by atoms with E-state index in [1.54, 1.807) is 6.92 Å². The van der Waals surface area contributed by atoms with Crippen LogP contribution < -0.4 is 0 Å². The SMILES string of the molecule is CCOC(=O)[AsH2]. The van der Waals surface area contributed by atoms with Gasteiger partial charge in [-0.2, -0.15) is 0 Å². The van der Waals surface area contributed by atoms with E-state index in [1.165, 1.54) is 0 Å². The van der Waals surface area contributed by atoms with Crippen LogP contribution >= 0.6 is 0 Å². The van der Waals surface area contributed by atoms with Crippen molar-refractivity contribution in [2.75, 3.05) is 6.61 Å². The fraction of sp³-hybridized carbons (Fsp3) is 0.667. The van der Waals surface area contributed by atoms with Gasteiger partial charge in [-0.25, -0.2) is 0 Å². The zero-order valence-corrected chi connectivity index (χ0v) is 6.02. The van der Waals surface area contributed by atoms with Crippen molar-refractivity contribution in [1.82, 2.24) is 0 Å². The monoisotopic (exact) mass is 150 g/mol. The molecule has 0 aliphatic rings. The molecule has 0 rings (SSSR count). The molecule has 2 nitrogen and oxygen atoms in total. The first-order chi connectivity index (χ1) is 2.77. The van der Waals surface area contributed by atoms with Crippen molar-refractivity contribution in [2.24, 2.45) is 0 Å². The van der Waals surface area contributed by atoms with Crippen molar-refractivity contribution in [1.29, 1.82) is 0 Å². The molecule has 0 aliphatic carbocycles.